The second-order valence-electron chi connectivity index (χ2n) is 7.56. The maximum atomic E-state index is 11.6. The molecular formula is C19H22ClN3O4. The van der Waals surface area contributed by atoms with Gasteiger partial charge in [-0.2, -0.15) is 0 Å². The van der Waals surface area contributed by atoms with E-state index in [0.717, 1.165) is 5.57 Å². The van der Waals surface area contributed by atoms with Crippen molar-refractivity contribution in [1.82, 2.24) is 14.9 Å². The average molecular weight is 392 g/mol. The van der Waals surface area contributed by atoms with Gasteiger partial charge < -0.3 is 19.5 Å². The zero-order valence-corrected chi connectivity index (χ0v) is 16.2. The molecule has 144 valence electrons. The maximum Gasteiger partial charge on any atom is 0.407 e. The molecule has 1 aliphatic heterocycles. The zero-order chi connectivity index (χ0) is 19.8. The highest BCUT2D eigenvalue weighted by Gasteiger charge is 2.35. The van der Waals surface area contributed by atoms with E-state index in [2.05, 4.69) is 9.97 Å². The van der Waals surface area contributed by atoms with Crippen LogP contribution in [0.3, 0.4) is 0 Å². The predicted molar refractivity (Wildman–Crippen MR) is 101 cm³/mol. The lowest BCUT2D eigenvalue weighted by molar-refractivity contribution is 0.1000. The lowest BCUT2D eigenvalue weighted by Crippen LogP contribution is -2.48. The van der Waals surface area contributed by atoms with Crippen LogP contribution in [0.4, 0.5) is 4.79 Å². The Hall–Kier alpha value is -2.38. The van der Waals surface area contributed by atoms with Gasteiger partial charge in [0.05, 0.1) is 23.0 Å². The summed E-state index contributed by atoms with van der Waals surface area (Å²) in [4.78, 5) is 21.5. The number of pyridine rings is 1. The fourth-order valence-corrected chi connectivity index (χ4v) is 3.49. The van der Waals surface area contributed by atoms with Crippen molar-refractivity contribution in [2.75, 3.05) is 6.54 Å². The number of carbonyl (C=O) groups is 1. The van der Waals surface area contributed by atoms with Crippen molar-refractivity contribution in [3.8, 4) is 11.3 Å². The van der Waals surface area contributed by atoms with Crippen LogP contribution in [0.5, 0.6) is 0 Å². The molecule has 3 rings (SSSR count). The Bertz CT molecular complexity index is 885. The number of aliphatic hydroxyl groups is 1. The molecular weight excluding hydrogens is 370 g/mol. The van der Waals surface area contributed by atoms with Crippen LogP contribution in [0.1, 0.15) is 38.8 Å². The predicted octanol–water partition coefficient (Wildman–Crippen LogP) is 4.06. The molecule has 0 bridgehead atoms. The van der Waals surface area contributed by atoms with Gasteiger partial charge in [0.2, 0.25) is 5.89 Å². The molecule has 1 amide bonds. The van der Waals surface area contributed by atoms with Gasteiger partial charge in [-0.3, -0.25) is 4.98 Å². The fourth-order valence-electron chi connectivity index (χ4n) is 3.20. The van der Waals surface area contributed by atoms with E-state index in [0.29, 0.717) is 35.0 Å². The molecule has 0 aromatic carbocycles. The Morgan fingerprint density at radius 1 is 1.37 bits per heavy atom. The van der Waals surface area contributed by atoms with Crippen LogP contribution in [-0.4, -0.2) is 43.8 Å². The zero-order valence-electron chi connectivity index (χ0n) is 15.4. The molecule has 2 aromatic heterocycles. The minimum absolute atomic E-state index is 0.224. The van der Waals surface area contributed by atoms with Crippen molar-refractivity contribution in [2.45, 2.75) is 39.8 Å². The first-order chi connectivity index (χ1) is 12.7. The molecule has 1 unspecified atom stereocenters. The highest BCUT2D eigenvalue weighted by atomic mass is 35.5. The first-order valence-corrected chi connectivity index (χ1v) is 9.00. The molecule has 1 aliphatic rings. The summed E-state index contributed by atoms with van der Waals surface area (Å²) in [6.07, 6.45) is 4.72. The topological polar surface area (TPSA) is 99.7 Å². The van der Waals surface area contributed by atoms with Crippen LogP contribution in [0.2, 0.25) is 5.02 Å². The van der Waals surface area contributed by atoms with Crippen LogP contribution in [0.15, 0.2) is 29.0 Å². The van der Waals surface area contributed by atoms with Crippen LogP contribution in [-0.2, 0) is 6.61 Å². The molecule has 8 heteroatoms. The van der Waals surface area contributed by atoms with Crippen molar-refractivity contribution < 1.29 is 19.4 Å². The summed E-state index contributed by atoms with van der Waals surface area (Å²) >= 11 is 6.47. The number of hydrogen-bond acceptors (Lipinski definition) is 5. The quantitative estimate of drug-likeness (QED) is 0.818. The summed E-state index contributed by atoms with van der Waals surface area (Å²) < 4.78 is 5.42. The summed E-state index contributed by atoms with van der Waals surface area (Å²) in [5.74, 6) is 0.698. The fraction of sp³-hybridized carbons (Fsp3) is 0.421. The van der Waals surface area contributed by atoms with E-state index in [-0.39, 0.29) is 24.0 Å². The normalized spacial score (nSPS) is 17.7. The maximum absolute atomic E-state index is 11.6. The SMILES string of the molecule is CC(C)(C)C1C=C(c2ncc(-c3cnc(CO)o3)cc2Cl)CCN1C(=O)O. The first kappa shape index (κ1) is 19.4. The number of nitrogens with zero attached hydrogens (tertiary/aromatic N) is 3. The van der Waals surface area contributed by atoms with Crippen LogP contribution in [0, 0.1) is 5.41 Å². The van der Waals surface area contributed by atoms with Gasteiger partial charge in [-0.05, 0) is 23.5 Å². The number of aliphatic hydroxyl groups excluding tert-OH is 1. The molecule has 27 heavy (non-hydrogen) atoms. The lowest BCUT2D eigenvalue weighted by Gasteiger charge is -2.40. The molecule has 0 saturated carbocycles. The molecule has 3 heterocycles. The number of amides is 1. The van der Waals surface area contributed by atoms with Gasteiger partial charge in [-0.15, -0.1) is 0 Å². The largest absolute Gasteiger partial charge is 0.465 e. The number of halogens is 1. The Kier molecular flexibility index (Phi) is 5.26. The molecule has 7 nitrogen and oxygen atoms in total. The highest BCUT2D eigenvalue weighted by Crippen LogP contribution is 2.36. The number of oxazole rings is 1. The van der Waals surface area contributed by atoms with Gasteiger partial charge in [0.25, 0.3) is 0 Å². The van der Waals surface area contributed by atoms with Crippen LogP contribution < -0.4 is 0 Å². The Morgan fingerprint density at radius 3 is 2.67 bits per heavy atom. The minimum Gasteiger partial charge on any atom is -0.465 e. The Labute approximate surface area is 162 Å². The van der Waals surface area contributed by atoms with Gasteiger partial charge in [0.1, 0.15) is 6.61 Å². The van der Waals surface area contributed by atoms with E-state index in [4.69, 9.17) is 21.1 Å². The third-order valence-corrected chi connectivity index (χ3v) is 4.86. The third kappa shape index (κ3) is 3.99. The molecule has 0 spiro atoms. The molecule has 2 aromatic rings. The minimum atomic E-state index is -0.926. The van der Waals surface area contributed by atoms with Gasteiger partial charge >= 0.3 is 6.09 Å². The molecule has 2 N–H and O–H groups in total. The van der Waals surface area contributed by atoms with Crippen molar-refractivity contribution in [3.63, 3.8) is 0 Å². The van der Waals surface area contributed by atoms with E-state index in [1.54, 1.807) is 12.3 Å². The Balaban J connectivity index is 1.95. The van der Waals surface area contributed by atoms with E-state index >= 15 is 0 Å². The number of aromatic nitrogens is 2. The smallest absolute Gasteiger partial charge is 0.407 e. The van der Waals surface area contributed by atoms with Crippen molar-refractivity contribution in [1.29, 1.82) is 0 Å². The summed E-state index contributed by atoms with van der Waals surface area (Å²) in [5.41, 5.74) is 1.97. The highest BCUT2D eigenvalue weighted by molar-refractivity contribution is 6.32. The van der Waals surface area contributed by atoms with E-state index in [1.807, 2.05) is 26.8 Å². The Morgan fingerprint density at radius 2 is 2.11 bits per heavy atom. The summed E-state index contributed by atoms with van der Waals surface area (Å²) in [5, 5.41) is 19.0. The third-order valence-electron chi connectivity index (χ3n) is 4.57. The summed E-state index contributed by atoms with van der Waals surface area (Å²) in [7, 11) is 0. The van der Waals surface area contributed by atoms with Gasteiger partial charge in [0, 0.05) is 18.3 Å². The summed E-state index contributed by atoms with van der Waals surface area (Å²) in [6, 6.07) is 1.47. The molecule has 0 saturated heterocycles. The molecule has 0 aliphatic carbocycles. The van der Waals surface area contributed by atoms with Gasteiger partial charge in [0.15, 0.2) is 5.76 Å². The monoisotopic (exact) mass is 391 g/mol. The second-order valence-corrected chi connectivity index (χ2v) is 7.97. The molecule has 0 fully saturated rings. The van der Waals surface area contributed by atoms with Crippen molar-refractivity contribution in [2.24, 2.45) is 5.41 Å². The van der Waals surface area contributed by atoms with Crippen LogP contribution in [0.25, 0.3) is 16.9 Å². The molecule has 0 radical (unpaired) electrons. The summed E-state index contributed by atoms with van der Waals surface area (Å²) in [6.45, 7) is 6.14. The standard InChI is InChI=1S/C19H22ClN3O4/c1-19(2,3)15-7-11(4-5-23(15)18(25)26)17-13(20)6-12(8-22-17)14-9-21-16(10-24)27-14/h6-9,15,24H,4-5,10H2,1-3H3,(H,25,26). The van der Waals surface area contributed by atoms with E-state index < -0.39 is 6.09 Å². The van der Waals surface area contributed by atoms with Crippen LogP contribution >= 0.6 is 11.6 Å². The van der Waals surface area contributed by atoms with Crippen molar-refractivity contribution >= 4 is 23.3 Å². The average Bonchev–Trinajstić information content (AvgIpc) is 3.09. The second kappa shape index (κ2) is 7.32. The number of rotatable bonds is 3. The van der Waals surface area contributed by atoms with Gasteiger partial charge in [-0.1, -0.05) is 38.4 Å². The van der Waals surface area contributed by atoms with Crippen molar-refractivity contribution in [3.05, 3.63) is 41.1 Å². The number of hydrogen-bond donors (Lipinski definition) is 2. The number of carboxylic acid groups (broad SMARTS) is 1. The lowest BCUT2D eigenvalue weighted by atomic mass is 9.82. The van der Waals surface area contributed by atoms with E-state index in [1.165, 1.54) is 11.1 Å². The first-order valence-electron chi connectivity index (χ1n) is 8.63. The molecule has 1 atom stereocenters. The van der Waals surface area contributed by atoms with E-state index in [9.17, 15) is 9.90 Å². The van der Waals surface area contributed by atoms with Gasteiger partial charge in [-0.25, -0.2) is 9.78 Å².